The fourth-order valence-electron chi connectivity index (χ4n) is 2.94. The summed E-state index contributed by atoms with van der Waals surface area (Å²) in [6.45, 7) is 2.33. The van der Waals surface area contributed by atoms with Crippen LogP contribution < -0.4 is 0 Å². The summed E-state index contributed by atoms with van der Waals surface area (Å²) in [4.78, 5) is 37.9. The molecule has 3 rings (SSSR count). The van der Waals surface area contributed by atoms with E-state index < -0.39 is 11.9 Å². The summed E-state index contributed by atoms with van der Waals surface area (Å²) in [5.74, 6) is -0.771. The number of aryl methyl sites for hydroxylation is 1. The first-order valence-electron chi connectivity index (χ1n) is 8.65. The number of hydrogen-bond acceptors (Lipinski definition) is 5. The van der Waals surface area contributed by atoms with Gasteiger partial charge in [-0.15, -0.1) is 0 Å². The molecule has 0 radical (unpaired) electrons. The van der Waals surface area contributed by atoms with Crippen LogP contribution in [0.3, 0.4) is 0 Å². The largest absolute Gasteiger partial charge is 0.467 e. The molecule has 0 saturated carbocycles. The van der Waals surface area contributed by atoms with Crippen molar-refractivity contribution in [2.45, 2.75) is 26.3 Å². The first-order chi connectivity index (χ1) is 12.6. The standard InChI is InChI=1S/C20H21NO5/c1-2-14-5-7-15(8-6-14)18(22)13-26-20(24)16-10-19(23)21(11-16)12-17-4-3-9-25-17/h3-9,16H,2,10-13H2,1H3/t16-/m1/s1. The number of likely N-dealkylation sites (tertiary alicyclic amines) is 1. The van der Waals surface area contributed by atoms with Crippen LogP contribution in [0.1, 0.15) is 35.0 Å². The van der Waals surface area contributed by atoms with Gasteiger partial charge in [-0.1, -0.05) is 31.2 Å². The molecule has 0 bridgehead atoms. The van der Waals surface area contributed by atoms with Crippen molar-refractivity contribution >= 4 is 17.7 Å². The molecule has 1 fully saturated rings. The molecular formula is C20H21NO5. The number of benzene rings is 1. The molecule has 2 aromatic rings. The van der Waals surface area contributed by atoms with Gasteiger partial charge in [0.05, 0.1) is 18.7 Å². The highest BCUT2D eigenvalue weighted by Crippen LogP contribution is 2.21. The van der Waals surface area contributed by atoms with Crippen molar-refractivity contribution in [1.29, 1.82) is 0 Å². The van der Waals surface area contributed by atoms with Gasteiger partial charge in [0, 0.05) is 18.5 Å². The van der Waals surface area contributed by atoms with E-state index in [9.17, 15) is 14.4 Å². The van der Waals surface area contributed by atoms with Crippen molar-refractivity contribution in [2.24, 2.45) is 5.92 Å². The highest BCUT2D eigenvalue weighted by Gasteiger charge is 2.35. The molecular weight excluding hydrogens is 334 g/mol. The van der Waals surface area contributed by atoms with E-state index >= 15 is 0 Å². The summed E-state index contributed by atoms with van der Waals surface area (Å²) in [5, 5.41) is 0. The second-order valence-corrected chi connectivity index (χ2v) is 6.34. The van der Waals surface area contributed by atoms with Crippen molar-refractivity contribution in [2.75, 3.05) is 13.2 Å². The Balaban J connectivity index is 1.50. The van der Waals surface area contributed by atoms with Crippen LogP contribution in [-0.4, -0.2) is 35.7 Å². The quantitative estimate of drug-likeness (QED) is 0.564. The van der Waals surface area contributed by atoms with Crippen molar-refractivity contribution < 1.29 is 23.5 Å². The van der Waals surface area contributed by atoms with Gasteiger partial charge < -0.3 is 14.1 Å². The Kier molecular flexibility index (Phi) is 5.51. The molecule has 1 saturated heterocycles. The summed E-state index contributed by atoms with van der Waals surface area (Å²) >= 11 is 0. The van der Waals surface area contributed by atoms with Gasteiger partial charge >= 0.3 is 5.97 Å². The van der Waals surface area contributed by atoms with Crippen LogP contribution in [0.4, 0.5) is 0 Å². The predicted octanol–water partition coefficient (Wildman–Crippen LogP) is 2.62. The Morgan fingerprint density at radius 3 is 2.65 bits per heavy atom. The van der Waals surface area contributed by atoms with Gasteiger partial charge in [-0.3, -0.25) is 14.4 Å². The molecule has 1 aliphatic heterocycles. The number of furan rings is 1. The zero-order valence-electron chi connectivity index (χ0n) is 14.6. The maximum absolute atomic E-state index is 12.2. The summed E-state index contributed by atoms with van der Waals surface area (Å²) in [6.07, 6.45) is 2.53. The second-order valence-electron chi connectivity index (χ2n) is 6.34. The van der Waals surface area contributed by atoms with Gasteiger partial charge in [0.15, 0.2) is 12.4 Å². The Morgan fingerprint density at radius 2 is 2.00 bits per heavy atom. The molecule has 0 N–H and O–H groups in total. The summed E-state index contributed by atoms with van der Waals surface area (Å²) in [7, 11) is 0. The monoisotopic (exact) mass is 355 g/mol. The number of hydrogen-bond donors (Lipinski definition) is 0. The van der Waals surface area contributed by atoms with Crippen LogP contribution in [0.25, 0.3) is 0 Å². The normalized spacial score (nSPS) is 16.7. The van der Waals surface area contributed by atoms with Gasteiger partial charge in [0.25, 0.3) is 0 Å². The van der Waals surface area contributed by atoms with Gasteiger partial charge in [0.1, 0.15) is 5.76 Å². The molecule has 1 aromatic heterocycles. The number of ketones is 1. The molecule has 26 heavy (non-hydrogen) atoms. The third-order valence-electron chi connectivity index (χ3n) is 4.50. The zero-order valence-corrected chi connectivity index (χ0v) is 14.6. The third-order valence-corrected chi connectivity index (χ3v) is 4.50. The number of amides is 1. The van der Waals surface area contributed by atoms with Crippen molar-refractivity contribution in [1.82, 2.24) is 4.90 Å². The lowest BCUT2D eigenvalue weighted by atomic mass is 10.1. The van der Waals surface area contributed by atoms with E-state index in [1.54, 1.807) is 35.4 Å². The number of rotatable bonds is 7. The molecule has 6 heteroatoms. The summed E-state index contributed by atoms with van der Waals surface area (Å²) < 4.78 is 10.4. The average Bonchev–Trinajstić information content (AvgIpc) is 3.30. The van der Waals surface area contributed by atoms with E-state index in [0.29, 0.717) is 17.9 Å². The molecule has 2 heterocycles. The average molecular weight is 355 g/mol. The van der Waals surface area contributed by atoms with E-state index in [4.69, 9.17) is 9.15 Å². The topological polar surface area (TPSA) is 76.8 Å². The lowest BCUT2D eigenvalue weighted by Crippen LogP contribution is -2.27. The van der Waals surface area contributed by atoms with E-state index in [1.807, 2.05) is 19.1 Å². The van der Waals surface area contributed by atoms with Crippen LogP contribution in [0.15, 0.2) is 47.1 Å². The number of Topliss-reactive ketones (excluding diaryl/α,β-unsaturated/α-hetero) is 1. The van der Waals surface area contributed by atoms with Crippen LogP contribution in [0.2, 0.25) is 0 Å². The van der Waals surface area contributed by atoms with Crippen molar-refractivity contribution in [3.8, 4) is 0 Å². The molecule has 1 amide bonds. The van der Waals surface area contributed by atoms with Gasteiger partial charge in [-0.2, -0.15) is 0 Å². The van der Waals surface area contributed by atoms with Gasteiger partial charge in [-0.25, -0.2) is 0 Å². The minimum Gasteiger partial charge on any atom is -0.467 e. The van der Waals surface area contributed by atoms with E-state index in [-0.39, 0.29) is 31.3 Å². The van der Waals surface area contributed by atoms with Crippen LogP contribution in [-0.2, 0) is 27.3 Å². The Bertz CT molecular complexity index is 779. The summed E-state index contributed by atoms with van der Waals surface area (Å²) in [5.41, 5.74) is 1.65. The first kappa shape index (κ1) is 17.9. The first-order valence-corrected chi connectivity index (χ1v) is 8.65. The predicted molar refractivity (Wildman–Crippen MR) is 93.3 cm³/mol. The fraction of sp³-hybridized carbons (Fsp3) is 0.350. The Labute approximate surface area is 151 Å². The molecule has 6 nitrogen and oxygen atoms in total. The van der Waals surface area contributed by atoms with Gasteiger partial charge in [0.2, 0.25) is 5.91 Å². The summed E-state index contributed by atoms with van der Waals surface area (Å²) in [6, 6.07) is 10.8. The SMILES string of the molecule is CCc1ccc(C(=O)COC(=O)[C@@H]2CC(=O)N(Cc3ccco3)C2)cc1. The number of nitrogens with zero attached hydrogens (tertiary/aromatic N) is 1. The van der Waals surface area contributed by atoms with Crippen LogP contribution >= 0.6 is 0 Å². The molecule has 0 unspecified atom stereocenters. The minimum absolute atomic E-state index is 0.0962. The highest BCUT2D eigenvalue weighted by atomic mass is 16.5. The molecule has 136 valence electrons. The minimum atomic E-state index is -0.548. The molecule has 0 spiro atoms. The number of esters is 1. The number of carbonyl (C=O) groups is 3. The molecule has 0 aliphatic carbocycles. The zero-order chi connectivity index (χ0) is 18.5. The number of ether oxygens (including phenoxy) is 1. The fourth-order valence-corrected chi connectivity index (χ4v) is 2.94. The van der Waals surface area contributed by atoms with Crippen molar-refractivity contribution in [3.63, 3.8) is 0 Å². The van der Waals surface area contributed by atoms with Crippen LogP contribution in [0, 0.1) is 5.92 Å². The third kappa shape index (κ3) is 4.20. The second kappa shape index (κ2) is 7.99. The maximum atomic E-state index is 12.2. The van der Waals surface area contributed by atoms with Crippen LogP contribution in [0.5, 0.6) is 0 Å². The lowest BCUT2D eigenvalue weighted by molar-refractivity contribution is -0.147. The van der Waals surface area contributed by atoms with E-state index in [1.165, 1.54) is 0 Å². The Morgan fingerprint density at radius 1 is 1.23 bits per heavy atom. The molecule has 1 atom stereocenters. The Hall–Kier alpha value is -2.89. The smallest absolute Gasteiger partial charge is 0.311 e. The number of carbonyl (C=O) groups excluding carboxylic acids is 3. The van der Waals surface area contributed by atoms with Crippen molar-refractivity contribution in [3.05, 3.63) is 59.5 Å². The molecule has 1 aliphatic rings. The maximum Gasteiger partial charge on any atom is 0.311 e. The van der Waals surface area contributed by atoms with E-state index in [2.05, 4.69) is 0 Å². The van der Waals surface area contributed by atoms with E-state index in [0.717, 1.165) is 12.0 Å². The highest BCUT2D eigenvalue weighted by molar-refractivity contribution is 5.98. The van der Waals surface area contributed by atoms with Gasteiger partial charge in [-0.05, 0) is 24.1 Å². The molecule has 1 aromatic carbocycles. The lowest BCUT2D eigenvalue weighted by Gasteiger charge is -2.14.